The number of nitrogens with one attached hydrogen (secondary N) is 1. The van der Waals surface area contributed by atoms with E-state index >= 15 is 0 Å². The number of rotatable bonds is 2. The minimum atomic E-state index is -1.02. The van der Waals surface area contributed by atoms with Gasteiger partial charge in [0.05, 0.1) is 0 Å². The first-order chi connectivity index (χ1) is 5.79. The molecule has 2 heterocycles. The first-order valence-corrected chi connectivity index (χ1v) is 4.07. The van der Waals surface area contributed by atoms with Crippen LogP contribution in [0.2, 0.25) is 0 Å². The number of hydrogen-bond acceptors (Lipinski definition) is 2. The highest BCUT2D eigenvalue weighted by atomic mass is 19.1. The molecule has 2 rings (SSSR count). The molecular formula is C9H11FN2. The Morgan fingerprint density at radius 3 is 2.92 bits per heavy atom. The highest BCUT2D eigenvalue weighted by molar-refractivity contribution is 5.14. The summed E-state index contributed by atoms with van der Waals surface area (Å²) in [6.45, 7) is 0.948. The molecule has 64 valence electrons. The van der Waals surface area contributed by atoms with Gasteiger partial charge in [-0.25, -0.2) is 4.39 Å². The first kappa shape index (κ1) is 7.68. The molecule has 0 aromatic carbocycles. The summed E-state index contributed by atoms with van der Waals surface area (Å²) in [5, 5.41) is 2.93. The molecule has 1 aromatic rings. The van der Waals surface area contributed by atoms with E-state index in [0.29, 0.717) is 19.5 Å². The van der Waals surface area contributed by atoms with Gasteiger partial charge in [-0.05, 0) is 11.6 Å². The molecule has 0 aliphatic carbocycles. The Morgan fingerprint density at radius 2 is 2.42 bits per heavy atom. The lowest BCUT2D eigenvalue weighted by molar-refractivity contribution is 0.0911. The summed E-state index contributed by atoms with van der Waals surface area (Å²) < 4.78 is 13.5. The van der Waals surface area contributed by atoms with Gasteiger partial charge < -0.3 is 5.32 Å². The highest BCUT2D eigenvalue weighted by Gasteiger charge is 2.36. The van der Waals surface area contributed by atoms with E-state index in [9.17, 15) is 4.39 Å². The van der Waals surface area contributed by atoms with Crippen LogP contribution >= 0.6 is 0 Å². The zero-order valence-electron chi connectivity index (χ0n) is 6.76. The van der Waals surface area contributed by atoms with Crippen LogP contribution in [0.25, 0.3) is 0 Å². The molecule has 0 spiro atoms. The monoisotopic (exact) mass is 166 g/mol. The van der Waals surface area contributed by atoms with Gasteiger partial charge in [0.2, 0.25) is 0 Å². The van der Waals surface area contributed by atoms with Crippen LogP contribution in [-0.2, 0) is 6.42 Å². The number of alkyl halides is 1. The van der Waals surface area contributed by atoms with Crippen molar-refractivity contribution in [3.8, 4) is 0 Å². The Hall–Kier alpha value is -0.960. The first-order valence-electron chi connectivity index (χ1n) is 4.07. The summed E-state index contributed by atoms with van der Waals surface area (Å²) in [6.07, 6.45) is 3.90. The van der Waals surface area contributed by atoms with Crippen LogP contribution in [0.5, 0.6) is 0 Å². The standard InChI is InChI=1S/C9H11FN2/c10-9(6-12-7-9)4-8-2-1-3-11-5-8/h1-3,5,12H,4,6-7H2. The number of pyridine rings is 1. The Kier molecular flexibility index (Phi) is 1.81. The van der Waals surface area contributed by atoms with Crippen molar-refractivity contribution in [1.82, 2.24) is 10.3 Å². The third kappa shape index (κ3) is 1.46. The third-order valence-electron chi connectivity index (χ3n) is 2.13. The summed E-state index contributed by atoms with van der Waals surface area (Å²) in [5.74, 6) is 0. The van der Waals surface area contributed by atoms with E-state index in [0.717, 1.165) is 5.56 Å². The molecule has 0 bridgehead atoms. The van der Waals surface area contributed by atoms with Crippen molar-refractivity contribution in [3.05, 3.63) is 30.1 Å². The predicted molar refractivity (Wildman–Crippen MR) is 44.6 cm³/mol. The normalized spacial score (nSPS) is 20.1. The van der Waals surface area contributed by atoms with Crippen LogP contribution in [-0.4, -0.2) is 23.7 Å². The second kappa shape index (κ2) is 2.83. The van der Waals surface area contributed by atoms with Gasteiger partial charge in [0.1, 0.15) is 5.67 Å². The van der Waals surface area contributed by atoms with Gasteiger partial charge in [-0.15, -0.1) is 0 Å². The molecule has 0 amide bonds. The van der Waals surface area contributed by atoms with Crippen LogP contribution in [0.3, 0.4) is 0 Å². The van der Waals surface area contributed by atoms with Crippen molar-refractivity contribution < 1.29 is 4.39 Å². The topological polar surface area (TPSA) is 24.9 Å². The van der Waals surface area contributed by atoms with Gasteiger partial charge in [-0.2, -0.15) is 0 Å². The number of halogens is 1. The Bertz CT molecular complexity index is 256. The molecule has 0 saturated carbocycles. The third-order valence-corrected chi connectivity index (χ3v) is 2.13. The summed E-state index contributed by atoms with van der Waals surface area (Å²) in [6, 6.07) is 3.75. The molecule has 1 aromatic heterocycles. The minimum absolute atomic E-state index is 0.474. The summed E-state index contributed by atoms with van der Waals surface area (Å²) in [7, 11) is 0. The number of nitrogens with zero attached hydrogens (tertiary/aromatic N) is 1. The van der Waals surface area contributed by atoms with E-state index in [4.69, 9.17) is 0 Å². The average Bonchev–Trinajstić information content (AvgIpc) is 2.04. The lowest BCUT2D eigenvalue weighted by atomic mass is 9.92. The molecule has 3 heteroatoms. The van der Waals surface area contributed by atoms with E-state index in [-0.39, 0.29) is 0 Å². The fourth-order valence-electron chi connectivity index (χ4n) is 1.39. The van der Waals surface area contributed by atoms with E-state index in [2.05, 4.69) is 10.3 Å². The van der Waals surface area contributed by atoms with Crippen LogP contribution in [0, 0.1) is 0 Å². The highest BCUT2D eigenvalue weighted by Crippen LogP contribution is 2.21. The molecule has 0 atom stereocenters. The average molecular weight is 166 g/mol. The van der Waals surface area contributed by atoms with E-state index in [1.165, 1.54) is 0 Å². The Morgan fingerprint density at radius 1 is 1.58 bits per heavy atom. The van der Waals surface area contributed by atoms with Crippen LogP contribution in [0.4, 0.5) is 4.39 Å². The molecule has 2 nitrogen and oxygen atoms in total. The fourth-order valence-corrected chi connectivity index (χ4v) is 1.39. The zero-order chi connectivity index (χ0) is 8.44. The van der Waals surface area contributed by atoms with Crippen molar-refractivity contribution in [1.29, 1.82) is 0 Å². The molecule has 12 heavy (non-hydrogen) atoms. The maximum absolute atomic E-state index is 13.5. The largest absolute Gasteiger partial charge is 0.310 e. The Balaban J connectivity index is 2.04. The number of aromatic nitrogens is 1. The van der Waals surface area contributed by atoms with Crippen molar-refractivity contribution >= 4 is 0 Å². The van der Waals surface area contributed by atoms with Crippen molar-refractivity contribution in [2.24, 2.45) is 0 Å². The molecule has 1 saturated heterocycles. The smallest absolute Gasteiger partial charge is 0.139 e. The molecule has 1 aliphatic heterocycles. The number of hydrogen-bond donors (Lipinski definition) is 1. The minimum Gasteiger partial charge on any atom is -0.310 e. The second-order valence-corrected chi connectivity index (χ2v) is 3.29. The van der Waals surface area contributed by atoms with E-state index < -0.39 is 5.67 Å². The van der Waals surface area contributed by atoms with Gasteiger partial charge in [-0.3, -0.25) is 4.98 Å². The van der Waals surface area contributed by atoms with Gasteiger partial charge in [-0.1, -0.05) is 6.07 Å². The van der Waals surface area contributed by atoms with Crippen molar-refractivity contribution in [2.45, 2.75) is 12.1 Å². The van der Waals surface area contributed by atoms with E-state index in [1.54, 1.807) is 12.4 Å². The lowest BCUT2D eigenvalue weighted by Crippen LogP contribution is -2.57. The SMILES string of the molecule is FC1(Cc2cccnc2)CNC1. The van der Waals surface area contributed by atoms with Gasteiger partial charge in [0, 0.05) is 31.9 Å². The van der Waals surface area contributed by atoms with Crippen molar-refractivity contribution in [3.63, 3.8) is 0 Å². The molecule has 1 fully saturated rings. The van der Waals surface area contributed by atoms with Crippen LogP contribution in [0.15, 0.2) is 24.5 Å². The molecule has 0 unspecified atom stereocenters. The van der Waals surface area contributed by atoms with Gasteiger partial charge >= 0.3 is 0 Å². The van der Waals surface area contributed by atoms with Gasteiger partial charge in [0.15, 0.2) is 0 Å². The van der Waals surface area contributed by atoms with Crippen LogP contribution < -0.4 is 5.32 Å². The maximum Gasteiger partial charge on any atom is 0.139 e. The predicted octanol–water partition coefficient (Wildman–Crippen LogP) is 0.936. The van der Waals surface area contributed by atoms with Crippen LogP contribution in [0.1, 0.15) is 5.56 Å². The van der Waals surface area contributed by atoms with Crippen molar-refractivity contribution in [2.75, 3.05) is 13.1 Å². The summed E-state index contributed by atoms with van der Waals surface area (Å²) >= 11 is 0. The maximum atomic E-state index is 13.5. The Labute approximate surface area is 70.8 Å². The van der Waals surface area contributed by atoms with E-state index in [1.807, 2.05) is 12.1 Å². The summed E-state index contributed by atoms with van der Waals surface area (Å²) in [4.78, 5) is 3.94. The molecule has 1 N–H and O–H groups in total. The van der Waals surface area contributed by atoms with Gasteiger partial charge in [0.25, 0.3) is 0 Å². The summed E-state index contributed by atoms with van der Waals surface area (Å²) in [5.41, 5.74) is -0.0512. The molecular weight excluding hydrogens is 155 g/mol. The molecule has 0 radical (unpaired) electrons. The quantitative estimate of drug-likeness (QED) is 0.707. The zero-order valence-corrected chi connectivity index (χ0v) is 6.76. The lowest BCUT2D eigenvalue weighted by Gasteiger charge is -2.34. The second-order valence-electron chi connectivity index (χ2n) is 3.29. The molecule has 1 aliphatic rings. The fraction of sp³-hybridized carbons (Fsp3) is 0.444.